The predicted octanol–water partition coefficient (Wildman–Crippen LogP) is 1.61. The number of carbonyl (C=O) groups is 1. The molecular formula is C17H19N5O2. The van der Waals surface area contributed by atoms with Gasteiger partial charge in [-0.05, 0) is 25.1 Å². The number of carbonyl (C=O) groups excluding carboxylic acids is 1. The van der Waals surface area contributed by atoms with Crippen LogP contribution in [-0.4, -0.2) is 32.1 Å². The average Bonchev–Trinajstić information content (AvgIpc) is 3.18. The third kappa shape index (κ3) is 3.81. The normalized spacial score (nSPS) is 10.6. The number of ether oxygens (including phenoxy) is 1. The summed E-state index contributed by atoms with van der Waals surface area (Å²) in [6, 6.07) is 13.4. The number of para-hydroxylation sites is 1. The van der Waals surface area contributed by atoms with E-state index in [2.05, 4.69) is 15.5 Å². The van der Waals surface area contributed by atoms with Crippen LogP contribution in [0.25, 0.3) is 5.69 Å². The second-order valence-electron chi connectivity index (χ2n) is 5.40. The van der Waals surface area contributed by atoms with Crippen molar-refractivity contribution < 1.29 is 9.53 Å². The van der Waals surface area contributed by atoms with Crippen LogP contribution in [0.1, 0.15) is 11.4 Å². The molecule has 3 rings (SSSR count). The number of nitrogens with zero attached hydrogens (tertiary/aromatic N) is 4. The zero-order valence-corrected chi connectivity index (χ0v) is 13.6. The largest absolute Gasteiger partial charge is 0.466 e. The molecule has 0 aliphatic carbocycles. The molecule has 2 heterocycles. The molecule has 0 saturated carbocycles. The Kier molecular flexibility index (Phi) is 4.60. The van der Waals surface area contributed by atoms with Crippen molar-refractivity contribution in [2.45, 2.75) is 13.5 Å². The number of amides is 1. The van der Waals surface area contributed by atoms with E-state index in [-0.39, 0.29) is 12.5 Å². The van der Waals surface area contributed by atoms with Crippen LogP contribution in [0.5, 0.6) is 5.88 Å². The molecule has 0 bridgehead atoms. The van der Waals surface area contributed by atoms with Gasteiger partial charge in [0.05, 0.1) is 23.6 Å². The third-order valence-corrected chi connectivity index (χ3v) is 3.50. The fourth-order valence-corrected chi connectivity index (χ4v) is 2.32. The molecule has 0 radical (unpaired) electrons. The van der Waals surface area contributed by atoms with Crippen molar-refractivity contribution in [2.24, 2.45) is 7.05 Å². The minimum absolute atomic E-state index is 0.0807. The van der Waals surface area contributed by atoms with Gasteiger partial charge in [0.15, 0.2) is 6.61 Å². The Labute approximate surface area is 139 Å². The molecule has 0 atom stereocenters. The topological polar surface area (TPSA) is 74.0 Å². The van der Waals surface area contributed by atoms with E-state index in [0.717, 1.165) is 17.1 Å². The molecule has 1 N–H and O–H groups in total. The molecule has 0 unspecified atom stereocenters. The van der Waals surface area contributed by atoms with Gasteiger partial charge in [-0.25, -0.2) is 4.68 Å². The SMILES string of the molecule is Cc1cc(CNC(=O)COc2ccn(-c3ccccc3)n2)n(C)n1. The van der Waals surface area contributed by atoms with E-state index in [1.165, 1.54) is 0 Å². The highest BCUT2D eigenvalue weighted by Gasteiger charge is 2.08. The first-order valence-corrected chi connectivity index (χ1v) is 7.62. The zero-order chi connectivity index (χ0) is 16.9. The van der Waals surface area contributed by atoms with Gasteiger partial charge >= 0.3 is 0 Å². The summed E-state index contributed by atoms with van der Waals surface area (Å²) in [4.78, 5) is 11.9. The molecule has 2 aromatic heterocycles. The van der Waals surface area contributed by atoms with Crippen molar-refractivity contribution in [1.82, 2.24) is 24.9 Å². The summed E-state index contributed by atoms with van der Waals surface area (Å²) in [5.74, 6) is 0.202. The monoisotopic (exact) mass is 325 g/mol. The molecule has 124 valence electrons. The second kappa shape index (κ2) is 6.99. The fourth-order valence-electron chi connectivity index (χ4n) is 2.32. The minimum Gasteiger partial charge on any atom is -0.466 e. The lowest BCUT2D eigenvalue weighted by Crippen LogP contribution is -2.29. The fraction of sp³-hybridized carbons (Fsp3) is 0.235. The van der Waals surface area contributed by atoms with Gasteiger partial charge in [0.1, 0.15) is 0 Å². The Hall–Kier alpha value is -3.09. The van der Waals surface area contributed by atoms with Gasteiger partial charge in [-0.2, -0.15) is 5.10 Å². The van der Waals surface area contributed by atoms with Crippen LogP contribution in [-0.2, 0) is 18.4 Å². The number of nitrogens with one attached hydrogen (secondary N) is 1. The van der Waals surface area contributed by atoms with Crippen molar-refractivity contribution in [3.05, 3.63) is 60.0 Å². The molecule has 3 aromatic rings. The summed E-state index contributed by atoms with van der Waals surface area (Å²) in [5, 5.41) is 11.3. The summed E-state index contributed by atoms with van der Waals surface area (Å²) in [6.45, 7) is 2.25. The van der Waals surface area contributed by atoms with Gasteiger partial charge in [-0.15, -0.1) is 5.10 Å². The summed E-state index contributed by atoms with van der Waals surface area (Å²) in [7, 11) is 1.85. The first kappa shape index (κ1) is 15.8. The van der Waals surface area contributed by atoms with Crippen LogP contribution >= 0.6 is 0 Å². The number of aryl methyl sites for hydroxylation is 2. The smallest absolute Gasteiger partial charge is 0.258 e. The molecule has 7 nitrogen and oxygen atoms in total. The van der Waals surface area contributed by atoms with Crippen LogP contribution in [0, 0.1) is 6.92 Å². The molecule has 0 aliphatic rings. The molecule has 1 aromatic carbocycles. The molecule has 1 amide bonds. The Bertz CT molecular complexity index is 823. The van der Waals surface area contributed by atoms with Crippen molar-refractivity contribution in [3.8, 4) is 11.6 Å². The number of rotatable bonds is 6. The highest BCUT2D eigenvalue weighted by atomic mass is 16.5. The Morgan fingerprint density at radius 3 is 2.71 bits per heavy atom. The van der Waals surface area contributed by atoms with Crippen LogP contribution in [0.3, 0.4) is 0 Å². The van der Waals surface area contributed by atoms with Gasteiger partial charge in [0.25, 0.3) is 5.91 Å². The Balaban J connectivity index is 1.50. The molecule has 24 heavy (non-hydrogen) atoms. The lowest BCUT2D eigenvalue weighted by molar-refractivity contribution is -0.123. The van der Waals surface area contributed by atoms with Gasteiger partial charge in [-0.3, -0.25) is 9.48 Å². The van der Waals surface area contributed by atoms with Crippen molar-refractivity contribution >= 4 is 5.91 Å². The Morgan fingerprint density at radius 2 is 2.00 bits per heavy atom. The van der Waals surface area contributed by atoms with Gasteiger partial charge in [0.2, 0.25) is 5.88 Å². The number of hydrogen-bond acceptors (Lipinski definition) is 4. The summed E-state index contributed by atoms with van der Waals surface area (Å²) in [5.41, 5.74) is 2.79. The van der Waals surface area contributed by atoms with E-state index in [4.69, 9.17) is 4.74 Å². The minimum atomic E-state index is -0.205. The van der Waals surface area contributed by atoms with E-state index in [1.54, 1.807) is 21.6 Å². The average molecular weight is 325 g/mol. The summed E-state index contributed by atoms with van der Waals surface area (Å²) >= 11 is 0. The van der Waals surface area contributed by atoms with Crippen LogP contribution < -0.4 is 10.1 Å². The highest BCUT2D eigenvalue weighted by molar-refractivity contribution is 5.77. The zero-order valence-electron chi connectivity index (χ0n) is 13.6. The van der Waals surface area contributed by atoms with Gasteiger partial charge < -0.3 is 10.1 Å². The van der Waals surface area contributed by atoms with Crippen LogP contribution in [0.15, 0.2) is 48.7 Å². The quantitative estimate of drug-likeness (QED) is 0.747. The van der Waals surface area contributed by atoms with E-state index >= 15 is 0 Å². The molecule has 0 fully saturated rings. The van der Waals surface area contributed by atoms with E-state index in [0.29, 0.717) is 12.4 Å². The first-order chi connectivity index (χ1) is 11.6. The molecule has 7 heteroatoms. The first-order valence-electron chi connectivity index (χ1n) is 7.62. The lowest BCUT2D eigenvalue weighted by Gasteiger charge is -2.06. The molecule has 0 spiro atoms. The predicted molar refractivity (Wildman–Crippen MR) is 88.9 cm³/mol. The van der Waals surface area contributed by atoms with Gasteiger partial charge in [-0.1, -0.05) is 18.2 Å². The Morgan fingerprint density at radius 1 is 1.21 bits per heavy atom. The highest BCUT2D eigenvalue weighted by Crippen LogP contribution is 2.11. The van der Waals surface area contributed by atoms with Gasteiger partial charge in [0, 0.05) is 19.3 Å². The van der Waals surface area contributed by atoms with E-state index in [9.17, 15) is 4.79 Å². The standard InChI is InChI=1S/C17H19N5O2/c1-13-10-15(21(2)19-13)11-18-16(23)12-24-17-8-9-22(20-17)14-6-4-3-5-7-14/h3-10H,11-12H2,1-2H3,(H,18,23). The number of benzene rings is 1. The van der Waals surface area contributed by atoms with E-state index < -0.39 is 0 Å². The van der Waals surface area contributed by atoms with Crippen LogP contribution in [0.2, 0.25) is 0 Å². The van der Waals surface area contributed by atoms with E-state index in [1.807, 2.05) is 50.4 Å². The van der Waals surface area contributed by atoms with Crippen molar-refractivity contribution in [1.29, 1.82) is 0 Å². The molecular weight excluding hydrogens is 306 g/mol. The molecule has 0 aliphatic heterocycles. The second-order valence-corrected chi connectivity index (χ2v) is 5.40. The maximum atomic E-state index is 11.9. The maximum absolute atomic E-state index is 11.9. The molecule has 0 saturated heterocycles. The summed E-state index contributed by atoms with van der Waals surface area (Å²) < 4.78 is 8.88. The van der Waals surface area contributed by atoms with Crippen molar-refractivity contribution in [3.63, 3.8) is 0 Å². The third-order valence-electron chi connectivity index (χ3n) is 3.50. The number of aromatic nitrogens is 4. The number of hydrogen-bond donors (Lipinski definition) is 1. The van der Waals surface area contributed by atoms with Crippen molar-refractivity contribution in [2.75, 3.05) is 6.61 Å². The maximum Gasteiger partial charge on any atom is 0.258 e. The lowest BCUT2D eigenvalue weighted by atomic mass is 10.3. The van der Waals surface area contributed by atoms with Crippen LogP contribution in [0.4, 0.5) is 0 Å². The summed E-state index contributed by atoms with van der Waals surface area (Å²) in [6.07, 6.45) is 1.79.